The first-order chi connectivity index (χ1) is 9.20. The lowest BCUT2D eigenvalue weighted by atomic mass is 9.93. The second kappa shape index (κ2) is 9.14. The number of benzene rings is 1. The number of aryl methyl sites for hydroxylation is 1. The first-order valence-electron chi connectivity index (χ1n) is 8.00. The zero-order chi connectivity index (χ0) is 14.1. The highest BCUT2D eigenvalue weighted by molar-refractivity contribution is 5.35. The molecule has 0 saturated heterocycles. The summed E-state index contributed by atoms with van der Waals surface area (Å²) >= 11 is 0. The van der Waals surface area contributed by atoms with Gasteiger partial charge in [0.05, 0.1) is 0 Å². The topological polar surface area (TPSA) is 12.0 Å². The third kappa shape index (κ3) is 5.36. The van der Waals surface area contributed by atoms with Crippen molar-refractivity contribution >= 4 is 0 Å². The Morgan fingerprint density at radius 3 is 2.47 bits per heavy atom. The Morgan fingerprint density at radius 2 is 1.79 bits per heavy atom. The Morgan fingerprint density at radius 1 is 1.00 bits per heavy atom. The van der Waals surface area contributed by atoms with E-state index in [1.54, 1.807) is 0 Å². The first kappa shape index (κ1) is 16.2. The summed E-state index contributed by atoms with van der Waals surface area (Å²) in [7, 11) is 0. The molecular formula is C18H31N. The quantitative estimate of drug-likeness (QED) is 0.594. The first-order valence-corrected chi connectivity index (χ1v) is 8.00. The van der Waals surface area contributed by atoms with Crippen LogP contribution in [0.5, 0.6) is 0 Å². The molecule has 19 heavy (non-hydrogen) atoms. The lowest BCUT2D eigenvalue weighted by Crippen LogP contribution is -2.23. The highest BCUT2D eigenvalue weighted by Gasteiger charge is 2.13. The number of rotatable bonds is 9. The SMILES string of the molecule is CCCCCCC(NCCC)c1cccc(C)c1C. The van der Waals surface area contributed by atoms with E-state index >= 15 is 0 Å². The fraction of sp³-hybridized carbons (Fsp3) is 0.667. The van der Waals surface area contributed by atoms with Crippen molar-refractivity contribution in [3.63, 3.8) is 0 Å². The van der Waals surface area contributed by atoms with Crippen molar-refractivity contribution in [2.75, 3.05) is 6.54 Å². The van der Waals surface area contributed by atoms with E-state index in [0.29, 0.717) is 6.04 Å². The Balaban J connectivity index is 2.69. The van der Waals surface area contributed by atoms with Crippen molar-refractivity contribution in [3.05, 3.63) is 34.9 Å². The number of unbranched alkanes of at least 4 members (excludes halogenated alkanes) is 3. The van der Waals surface area contributed by atoms with Gasteiger partial charge in [-0.3, -0.25) is 0 Å². The van der Waals surface area contributed by atoms with Gasteiger partial charge in [-0.2, -0.15) is 0 Å². The Hall–Kier alpha value is -0.820. The van der Waals surface area contributed by atoms with E-state index < -0.39 is 0 Å². The maximum atomic E-state index is 3.73. The summed E-state index contributed by atoms with van der Waals surface area (Å²) in [6.07, 6.45) is 7.86. The van der Waals surface area contributed by atoms with Crippen LogP contribution in [0.3, 0.4) is 0 Å². The van der Waals surface area contributed by atoms with Crippen LogP contribution in [-0.2, 0) is 0 Å². The number of hydrogen-bond donors (Lipinski definition) is 1. The zero-order valence-electron chi connectivity index (χ0n) is 13.3. The molecule has 0 heterocycles. The van der Waals surface area contributed by atoms with Crippen LogP contribution in [0.4, 0.5) is 0 Å². The van der Waals surface area contributed by atoms with Crippen molar-refractivity contribution in [2.24, 2.45) is 0 Å². The molecule has 1 aromatic carbocycles. The fourth-order valence-corrected chi connectivity index (χ4v) is 2.61. The minimum Gasteiger partial charge on any atom is -0.310 e. The molecule has 1 heteroatoms. The highest BCUT2D eigenvalue weighted by Crippen LogP contribution is 2.25. The molecule has 1 rings (SSSR count). The van der Waals surface area contributed by atoms with Crippen LogP contribution in [0.25, 0.3) is 0 Å². The molecule has 0 radical (unpaired) electrons. The van der Waals surface area contributed by atoms with E-state index in [1.165, 1.54) is 55.2 Å². The van der Waals surface area contributed by atoms with Gasteiger partial charge in [0.1, 0.15) is 0 Å². The summed E-state index contributed by atoms with van der Waals surface area (Å²) in [6.45, 7) is 10.1. The van der Waals surface area contributed by atoms with E-state index in [2.05, 4.69) is 51.2 Å². The van der Waals surface area contributed by atoms with Crippen LogP contribution < -0.4 is 5.32 Å². The van der Waals surface area contributed by atoms with Gasteiger partial charge in [-0.25, -0.2) is 0 Å². The smallest absolute Gasteiger partial charge is 0.0322 e. The molecule has 0 fully saturated rings. The van der Waals surface area contributed by atoms with Crippen LogP contribution in [0.15, 0.2) is 18.2 Å². The molecule has 1 nitrogen and oxygen atoms in total. The van der Waals surface area contributed by atoms with Crippen molar-refractivity contribution in [2.45, 2.75) is 72.3 Å². The molecular weight excluding hydrogens is 230 g/mol. The van der Waals surface area contributed by atoms with Crippen molar-refractivity contribution in [1.29, 1.82) is 0 Å². The summed E-state index contributed by atoms with van der Waals surface area (Å²) in [5.74, 6) is 0. The van der Waals surface area contributed by atoms with Crippen LogP contribution in [0.1, 0.15) is 75.1 Å². The van der Waals surface area contributed by atoms with Crippen LogP contribution in [0.2, 0.25) is 0 Å². The van der Waals surface area contributed by atoms with E-state index in [4.69, 9.17) is 0 Å². The van der Waals surface area contributed by atoms with Crippen molar-refractivity contribution < 1.29 is 0 Å². The molecule has 1 unspecified atom stereocenters. The molecule has 0 amide bonds. The van der Waals surface area contributed by atoms with Gasteiger partial charge < -0.3 is 5.32 Å². The number of hydrogen-bond acceptors (Lipinski definition) is 1. The highest BCUT2D eigenvalue weighted by atomic mass is 14.9. The predicted octanol–water partition coefficient (Wildman–Crippen LogP) is 5.31. The molecule has 0 aliphatic carbocycles. The van der Waals surface area contributed by atoms with Gasteiger partial charge in [-0.05, 0) is 49.9 Å². The molecule has 0 bridgehead atoms. The largest absolute Gasteiger partial charge is 0.310 e. The second-order valence-electron chi connectivity index (χ2n) is 5.65. The Labute approximate surface area is 119 Å². The number of nitrogens with one attached hydrogen (secondary N) is 1. The molecule has 1 N–H and O–H groups in total. The average molecular weight is 261 g/mol. The normalized spacial score (nSPS) is 12.6. The standard InChI is InChI=1S/C18H31N/c1-5-7-8-9-13-18(19-14-6-2)17-12-10-11-15(3)16(17)4/h10-12,18-19H,5-9,13-14H2,1-4H3. The van der Waals surface area contributed by atoms with Gasteiger partial charge in [0, 0.05) is 6.04 Å². The van der Waals surface area contributed by atoms with E-state index in [0.717, 1.165) is 6.54 Å². The molecule has 0 aliphatic rings. The van der Waals surface area contributed by atoms with Crippen molar-refractivity contribution in [1.82, 2.24) is 5.32 Å². The molecule has 108 valence electrons. The minimum atomic E-state index is 0.539. The van der Waals surface area contributed by atoms with Crippen LogP contribution in [-0.4, -0.2) is 6.54 Å². The molecule has 1 atom stereocenters. The molecule has 1 aromatic rings. The summed E-state index contributed by atoms with van der Waals surface area (Å²) in [5, 5.41) is 3.73. The molecule has 0 aliphatic heterocycles. The Kier molecular flexibility index (Phi) is 7.81. The van der Waals surface area contributed by atoms with Gasteiger partial charge in [-0.15, -0.1) is 0 Å². The van der Waals surface area contributed by atoms with Crippen molar-refractivity contribution in [3.8, 4) is 0 Å². The van der Waals surface area contributed by atoms with E-state index in [-0.39, 0.29) is 0 Å². The maximum Gasteiger partial charge on any atom is 0.0322 e. The molecule has 0 saturated carbocycles. The van der Waals surface area contributed by atoms with Gasteiger partial charge in [-0.1, -0.05) is 57.7 Å². The summed E-state index contributed by atoms with van der Waals surface area (Å²) < 4.78 is 0. The third-order valence-corrected chi connectivity index (χ3v) is 4.01. The molecule has 0 aromatic heterocycles. The van der Waals surface area contributed by atoms with Crippen LogP contribution in [0, 0.1) is 13.8 Å². The van der Waals surface area contributed by atoms with Gasteiger partial charge in [0.25, 0.3) is 0 Å². The summed E-state index contributed by atoms with van der Waals surface area (Å²) in [5.41, 5.74) is 4.38. The maximum absolute atomic E-state index is 3.73. The lowest BCUT2D eigenvalue weighted by Gasteiger charge is -2.22. The minimum absolute atomic E-state index is 0.539. The molecule has 0 spiro atoms. The third-order valence-electron chi connectivity index (χ3n) is 4.01. The predicted molar refractivity (Wildman–Crippen MR) is 85.7 cm³/mol. The fourth-order valence-electron chi connectivity index (χ4n) is 2.61. The van der Waals surface area contributed by atoms with Gasteiger partial charge in [0.2, 0.25) is 0 Å². The van der Waals surface area contributed by atoms with Gasteiger partial charge in [0.15, 0.2) is 0 Å². The zero-order valence-corrected chi connectivity index (χ0v) is 13.3. The summed E-state index contributed by atoms with van der Waals surface area (Å²) in [4.78, 5) is 0. The van der Waals surface area contributed by atoms with Crippen LogP contribution >= 0.6 is 0 Å². The van der Waals surface area contributed by atoms with Gasteiger partial charge >= 0.3 is 0 Å². The lowest BCUT2D eigenvalue weighted by molar-refractivity contribution is 0.469. The second-order valence-corrected chi connectivity index (χ2v) is 5.65. The Bertz CT molecular complexity index is 357. The van der Waals surface area contributed by atoms with E-state index in [1.807, 2.05) is 0 Å². The average Bonchev–Trinajstić information content (AvgIpc) is 2.42. The monoisotopic (exact) mass is 261 g/mol. The van der Waals surface area contributed by atoms with E-state index in [9.17, 15) is 0 Å². The summed E-state index contributed by atoms with van der Waals surface area (Å²) in [6, 6.07) is 7.25.